The average Bonchev–Trinajstić information content (AvgIpc) is 2.69. The number of halogens is 3. The molecule has 1 heterocycles. The van der Waals surface area contributed by atoms with Crippen LogP contribution in [0.2, 0.25) is 0 Å². The maximum Gasteiger partial charge on any atom is 0.416 e. The van der Waals surface area contributed by atoms with Gasteiger partial charge in [-0.3, -0.25) is 9.10 Å². The molecular weight excluding hydrogens is 417 g/mol. The van der Waals surface area contributed by atoms with E-state index in [-0.39, 0.29) is 31.0 Å². The van der Waals surface area contributed by atoms with E-state index in [4.69, 9.17) is 0 Å². The summed E-state index contributed by atoms with van der Waals surface area (Å²) >= 11 is 0. The van der Waals surface area contributed by atoms with Crippen molar-refractivity contribution in [1.29, 1.82) is 0 Å². The Kier molecular flexibility index (Phi) is 6.40. The molecule has 0 aliphatic carbocycles. The highest BCUT2D eigenvalue weighted by atomic mass is 32.2. The van der Waals surface area contributed by atoms with Crippen molar-refractivity contribution in [3.63, 3.8) is 0 Å². The molecule has 2 aromatic carbocycles. The van der Waals surface area contributed by atoms with Crippen LogP contribution >= 0.6 is 0 Å². The lowest BCUT2D eigenvalue weighted by Crippen LogP contribution is -2.37. The van der Waals surface area contributed by atoms with Crippen LogP contribution in [0.15, 0.2) is 48.5 Å². The second-order valence-electron chi connectivity index (χ2n) is 7.32. The zero-order chi connectivity index (χ0) is 21.9. The van der Waals surface area contributed by atoms with E-state index in [0.717, 1.165) is 34.7 Å². The molecule has 5 nitrogen and oxygen atoms in total. The molecule has 1 aliphatic heterocycles. The van der Waals surface area contributed by atoms with Gasteiger partial charge >= 0.3 is 6.18 Å². The van der Waals surface area contributed by atoms with Crippen LogP contribution in [0.5, 0.6) is 0 Å². The van der Waals surface area contributed by atoms with E-state index < -0.39 is 21.8 Å². The third-order valence-corrected chi connectivity index (χ3v) is 6.29. The molecule has 0 unspecified atom stereocenters. The zero-order valence-electron chi connectivity index (χ0n) is 16.5. The summed E-state index contributed by atoms with van der Waals surface area (Å²) in [4.78, 5) is 14.3. The minimum absolute atomic E-state index is 0.0633. The van der Waals surface area contributed by atoms with Crippen molar-refractivity contribution in [2.24, 2.45) is 0 Å². The first kappa shape index (κ1) is 22.1. The zero-order valence-corrected chi connectivity index (χ0v) is 17.3. The molecular formula is C21H23F3N2O3S. The predicted octanol–water partition coefficient (Wildman–Crippen LogP) is 3.84. The molecule has 0 fully saturated rings. The molecule has 3 rings (SSSR count). The van der Waals surface area contributed by atoms with Gasteiger partial charge in [0, 0.05) is 26.1 Å². The Balaban J connectivity index is 1.64. The summed E-state index contributed by atoms with van der Waals surface area (Å²) in [7, 11) is -3.80. The minimum atomic E-state index is -4.57. The highest BCUT2D eigenvalue weighted by Crippen LogP contribution is 2.32. The number of carbonyl (C=O) groups excluding carboxylic acids is 1. The molecule has 1 aliphatic rings. The van der Waals surface area contributed by atoms with Gasteiger partial charge in [-0.2, -0.15) is 13.2 Å². The summed E-state index contributed by atoms with van der Waals surface area (Å²) in [6.07, 6.45) is -2.54. The fourth-order valence-corrected chi connectivity index (χ4v) is 4.52. The van der Waals surface area contributed by atoms with Crippen LogP contribution in [0.4, 0.5) is 18.9 Å². The average molecular weight is 440 g/mol. The topological polar surface area (TPSA) is 57.7 Å². The van der Waals surface area contributed by atoms with Crippen LogP contribution < -0.4 is 4.31 Å². The molecule has 162 valence electrons. The predicted molar refractivity (Wildman–Crippen MR) is 108 cm³/mol. The van der Waals surface area contributed by atoms with E-state index in [1.165, 1.54) is 17.7 Å². The van der Waals surface area contributed by atoms with Crippen molar-refractivity contribution < 1.29 is 26.4 Å². The minimum Gasteiger partial charge on any atom is -0.338 e. The number of sulfonamides is 1. The Labute approximate surface area is 174 Å². The van der Waals surface area contributed by atoms with Gasteiger partial charge in [-0.1, -0.05) is 30.3 Å². The molecule has 0 atom stereocenters. The van der Waals surface area contributed by atoms with Crippen molar-refractivity contribution in [3.8, 4) is 0 Å². The third-order valence-electron chi connectivity index (χ3n) is 5.10. The Morgan fingerprint density at radius 1 is 1.10 bits per heavy atom. The normalized spacial score (nSPS) is 14.3. The molecule has 0 bridgehead atoms. The van der Waals surface area contributed by atoms with Crippen LogP contribution in [0.1, 0.15) is 29.5 Å². The van der Waals surface area contributed by atoms with Gasteiger partial charge in [0.25, 0.3) is 0 Å². The van der Waals surface area contributed by atoms with Gasteiger partial charge < -0.3 is 4.90 Å². The number of carbonyl (C=O) groups is 1. The van der Waals surface area contributed by atoms with Crippen LogP contribution in [0, 0.1) is 0 Å². The smallest absolute Gasteiger partial charge is 0.338 e. The molecule has 0 saturated heterocycles. The van der Waals surface area contributed by atoms with Crippen LogP contribution in [-0.4, -0.2) is 38.6 Å². The number of benzene rings is 2. The van der Waals surface area contributed by atoms with Crippen molar-refractivity contribution >= 4 is 21.6 Å². The Morgan fingerprint density at radius 3 is 2.47 bits per heavy atom. The summed E-state index contributed by atoms with van der Waals surface area (Å²) in [6.45, 7) is 1.04. The first-order valence-corrected chi connectivity index (χ1v) is 11.4. The number of hydrogen-bond acceptors (Lipinski definition) is 3. The molecule has 0 aromatic heterocycles. The number of alkyl halides is 3. The molecule has 0 N–H and O–H groups in total. The van der Waals surface area contributed by atoms with Crippen LogP contribution in [-0.2, 0) is 34.0 Å². The Hall–Kier alpha value is -2.55. The maximum absolute atomic E-state index is 13.0. The van der Waals surface area contributed by atoms with Gasteiger partial charge in [-0.25, -0.2) is 8.42 Å². The van der Waals surface area contributed by atoms with Gasteiger partial charge in [-0.05, 0) is 42.2 Å². The standard InChI is InChI=1S/C21H23F3N2O3S/c1-30(28,29)26(19-9-4-8-18(14-19)21(22,23)24)12-5-10-20(27)25-13-11-16-6-2-3-7-17(16)15-25/h2-4,6-9,14H,5,10-13,15H2,1H3. The number of amides is 1. The van der Waals surface area contributed by atoms with Gasteiger partial charge in [0.1, 0.15) is 0 Å². The lowest BCUT2D eigenvalue weighted by Gasteiger charge is -2.29. The molecule has 2 aromatic rings. The van der Waals surface area contributed by atoms with E-state index in [1.54, 1.807) is 4.90 Å². The summed E-state index contributed by atoms with van der Waals surface area (Å²) in [5.74, 6) is -0.0954. The van der Waals surface area contributed by atoms with Gasteiger partial charge in [-0.15, -0.1) is 0 Å². The number of fused-ring (bicyclic) bond motifs is 1. The number of anilines is 1. The Bertz CT molecular complexity index is 1020. The van der Waals surface area contributed by atoms with E-state index in [9.17, 15) is 26.4 Å². The number of hydrogen-bond donors (Lipinski definition) is 0. The van der Waals surface area contributed by atoms with Crippen LogP contribution in [0.3, 0.4) is 0 Å². The molecule has 9 heteroatoms. The monoisotopic (exact) mass is 440 g/mol. The summed E-state index contributed by atoms with van der Waals surface area (Å²) < 4.78 is 64.2. The van der Waals surface area contributed by atoms with E-state index in [2.05, 4.69) is 0 Å². The molecule has 1 amide bonds. The highest BCUT2D eigenvalue weighted by molar-refractivity contribution is 7.92. The fourth-order valence-electron chi connectivity index (χ4n) is 3.56. The number of rotatable bonds is 6. The fraction of sp³-hybridized carbons (Fsp3) is 0.381. The molecule has 0 radical (unpaired) electrons. The van der Waals surface area contributed by atoms with Crippen LogP contribution in [0.25, 0.3) is 0 Å². The first-order valence-electron chi connectivity index (χ1n) is 9.55. The van der Waals surface area contributed by atoms with Gasteiger partial charge in [0.05, 0.1) is 17.5 Å². The molecule has 30 heavy (non-hydrogen) atoms. The first-order chi connectivity index (χ1) is 14.1. The quantitative estimate of drug-likeness (QED) is 0.686. The van der Waals surface area contributed by atoms with Crippen molar-refractivity contribution in [1.82, 2.24) is 4.90 Å². The molecule has 0 spiro atoms. The lowest BCUT2D eigenvalue weighted by molar-refractivity contribution is -0.137. The van der Waals surface area contributed by atoms with Crippen molar-refractivity contribution in [2.75, 3.05) is 23.7 Å². The molecule has 0 saturated carbocycles. The second kappa shape index (κ2) is 8.67. The van der Waals surface area contributed by atoms with E-state index in [1.807, 2.05) is 24.3 Å². The number of nitrogens with zero attached hydrogens (tertiary/aromatic N) is 2. The van der Waals surface area contributed by atoms with Crippen molar-refractivity contribution in [3.05, 3.63) is 65.2 Å². The van der Waals surface area contributed by atoms with Crippen molar-refractivity contribution in [2.45, 2.75) is 32.0 Å². The summed E-state index contributed by atoms with van der Waals surface area (Å²) in [5, 5.41) is 0. The summed E-state index contributed by atoms with van der Waals surface area (Å²) in [5.41, 5.74) is 1.33. The maximum atomic E-state index is 13.0. The van der Waals surface area contributed by atoms with Gasteiger partial charge in [0.15, 0.2) is 0 Å². The Morgan fingerprint density at radius 2 is 1.80 bits per heavy atom. The lowest BCUT2D eigenvalue weighted by atomic mass is 9.99. The van der Waals surface area contributed by atoms with Gasteiger partial charge in [0.2, 0.25) is 15.9 Å². The largest absolute Gasteiger partial charge is 0.416 e. The van der Waals surface area contributed by atoms with E-state index >= 15 is 0 Å². The summed E-state index contributed by atoms with van der Waals surface area (Å²) in [6, 6.07) is 12.1. The van der Waals surface area contributed by atoms with E-state index in [0.29, 0.717) is 13.1 Å². The highest BCUT2D eigenvalue weighted by Gasteiger charge is 2.31. The SMILES string of the molecule is CS(=O)(=O)N(CCCC(=O)N1CCc2ccccc2C1)c1cccc(C(F)(F)F)c1. The third kappa shape index (κ3) is 5.33. The second-order valence-corrected chi connectivity index (χ2v) is 9.23.